The van der Waals surface area contributed by atoms with Crippen LogP contribution in [0, 0.1) is 6.92 Å². The Kier molecular flexibility index (Phi) is 5.14. The molecule has 2 rings (SSSR count). The van der Waals surface area contributed by atoms with Gasteiger partial charge in [0.1, 0.15) is 0 Å². The first-order chi connectivity index (χ1) is 8.49. The van der Waals surface area contributed by atoms with Gasteiger partial charge in [0.15, 0.2) is 0 Å². The fourth-order valence-corrected chi connectivity index (χ4v) is 1.32. The molecule has 0 spiro atoms. The number of carboxylic acid groups (broad SMARTS) is 1. The average Bonchev–Trinajstić information content (AvgIpc) is 2.30. The van der Waals surface area contributed by atoms with Gasteiger partial charge in [-0.15, -0.1) is 0 Å². The van der Waals surface area contributed by atoms with Crippen LogP contribution in [0.25, 0.3) is 0 Å². The zero-order chi connectivity index (χ0) is 13.5. The Bertz CT molecular complexity index is 510. The van der Waals surface area contributed by atoms with Crippen molar-refractivity contribution in [2.24, 2.45) is 0 Å². The Labute approximate surface area is 110 Å². The number of aromatic carboxylic acids is 1. The summed E-state index contributed by atoms with van der Waals surface area (Å²) in [6, 6.07) is 9.67. The van der Waals surface area contributed by atoms with Gasteiger partial charge in [0.2, 0.25) is 0 Å². The third-order valence-electron chi connectivity index (χ3n) is 2.06. The molecule has 0 aliphatic carbocycles. The Morgan fingerprint density at radius 1 is 1.28 bits per heavy atom. The van der Waals surface area contributed by atoms with Gasteiger partial charge in [-0.1, -0.05) is 23.7 Å². The Hall–Kier alpha value is -2.07. The van der Waals surface area contributed by atoms with E-state index in [4.69, 9.17) is 17.3 Å². The van der Waals surface area contributed by atoms with Crippen LogP contribution in [0.1, 0.15) is 15.9 Å². The molecule has 3 N–H and O–H groups in total. The SMILES string of the molecule is Cc1cc[nH+]c(N)c1.O=C([O-])c1ccc(Cl)cc1. The smallest absolute Gasteiger partial charge is 0.270 e. The van der Waals surface area contributed by atoms with Crippen molar-refractivity contribution in [1.82, 2.24) is 0 Å². The number of aromatic amines is 1. The minimum atomic E-state index is -1.18. The highest BCUT2D eigenvalue weighted by Crippen LogP contribution is 2.08. The predicted molar refractivity (Wildman–Crippen MR) is 67.9 cm³/mol. The fourth-order valence-electron chi connectivity index (χ4n) is 1.19. The third kappa shape index (κ3) is 4.84. The van der Waals surface area contributed by atoms with Gasteiger partial charge in [-0.25, -0.2) is 4.98 Å². The Morgan fingerprint density at radius 3 is 2.28 bits per heavy atom. The van der Waals surface area contributed by atoms with Crippen molar-refractivity contribution < 1.29 is 14.9 Å². The van der Waals surface area contributed by atoms with Crippen LogP contribution in [0.2, 0.25) is 5.02 Å². The first-order valence-corrected chi connectivity index (χ1v) is 5.57. The van der Waals surface area contributed by atoms with E-state index in [9.17, 15) is 9.90 Å². The van der Waals surface area contributed by atoms with E-state index < -0.39 is 5.97 Å². The number of nitrogens with two attached hydrogens (primary N) is 1. The first-order valence-electron chi connectivity index (χ1n) is 5.20. The monoisotopic (exact) mass is 264 g/mol. The van der Waals surface area contributed by atoms with Gasteiger partial charge in [-0.3, -0.25) is 5.73 Å². The maximum atomic E-state index is 10.2. The van der Waals surface area contributed by atoms with E-state index >= 15 is 0 Å². The molecule has 0 bridgehead atoms. The highest BCUT2D eigenvalue weighted by Gasteiger charge is 1.90. The fraction of sp³-hybridized carbons (Fsp3) is 0.0769. The quantitative estimate of drug-likeness (QED) is 0.837. The molecule has 0 atom stereocenters. The van der Waals surface area contributed by atoms with Crippen LogP contribution in [-0.4, -0.2) is 5.97 Å². The summed E-state index contributed by atoms with van der Waals surface area (Å²) in [4.78, 5) is 13.0. The average molecular weight is 265 g/mol. The molecule has 0 aliphatic heterocycles. The van der Waals surface area contributed by atoms with Gasteiger partial charge in [-0.2, -0.15) is 0 Å². The molecule has 2 aromatic rings. The van der Waals surface area contributed by atoms with Crippen LogP contribution in [-0.2, 0) is 0 Å². The van der Waals surface area contributed by atoms with Crippen molar-refractivity contribution in [2.45, 2.75) is 6.92 Å². The second kappa shape index (κ2) is 6.61. The number of H-pyrrole nitrogens is 1. The van der Waals surface area contributed by atoms with Gasteiger partial charge in [-0.05, 0) is 36.2 Å². The minimum absolute atomic E-state index is 0.143. The molecule has 0 saturated carbocycles. The molecule has 0 unspecified atom stereocenters. The number of nitrogen functional groups attached to an aromatic ring is 1. The molecule has 0 aliphatic rings. The molecule has 18 heavy (non-hydrogen) atoms. The van der Waals surface area contributed by atoms with Crippen molar-refractivity contribution in [3.8, 4) is 0 Å². The minimum Gasteiger partial charge on any atom is -0.545 e. The van der Waals surface area contributed by atoms with Crippen LogP contribution >= 0.6 is 11.6 Å². The van der Waals surface area contributed by atoms with Crippen LogP contribution < -0.4 is 15.8 Å². The number of benzene rings is 1. The highest BCUT2D eigenvalue weighted by atomic mass is 35.5. The van der Waals surface area contributed by atoms with E-state index in [1.54, 1.807) is 0 Å². The number of pyridine rings is 1. The molecule has 1 aromatic carbocycles. The third-order valence-corrected chi connectivity index (χ3v) is 2.31. The number of carbonyl (C=O) groups is 1. The lowest BCUT2D eigenvalue weighted by molar-refractivity contribution is -0.360. The number of nitrogens with one attached hydrogen (secondary N) is 1. The van der Waals surface area contributed by atoms with Crippen LogP contribution in [0.3, 0.4) is 0 Å². The lowest BCUT2D eigenvalue weighted by Crippen LogP contribution is -2.21. The number of rotatable bonds is 1. The maximum Gasteiger partial charge on any atom is 0.270 e. The van der Waals surface area contributed by atoms with E-state index in [1.807, 2.05) is 25.3 Å². The summed E-state index contributed by atoms with van der Waals surface area (Å²) in [5.41, 5.74) is 6.73. The van der Waals surface area contributed by atoms with E-state index in [1.165, 1.54) is 29.8 Å². The molecule has 0 amide bonds. The summed E-state index contributed by atoms with van der Waals surface area (Å²) in [7, 11) is 0. The first kappa shape index (κ1) is 14.0. The van der Waals surface area contributed by atoms with E-state index in [0.29, 0.717) is 10.8 Å². The number of anilines is 1. The van der Waals surface area contributed by atoms with Gasteiger partial charge < -0.3 is 9.90 Å². The lowest BCUT2D eigenvalue weighted by atomic mass is 10.2. The number of aryl methyl sites for hydroxylation is 1. The number of hydrogen-bond acceptors (Lipinski definition) is 3. The zero-order valence-electron chi connectivity index (χ0n) is 9.81. The second-order valence-electron chi connectivity index (χ2n) is 3.62. The molecule has 0 saturated heterocycles. The summed E-state index contributed by atoms with van der Waals surface area (Å²) in [5.74, 6) is -0.471. The summed E-state index contributed by atoms with van der Waals surface area (Å²) < 4.78 is 0. The Morgan fingerprint density at radius 2 is 1.89 bits per heavy atom. The van der Waals surface area contributed by atoms with Gasteiger partial charge in [0.05, 0.1) is 12.2 Å². The maximum absolute atomic E-state index is 10.2. The molecule has 0 radical (unpaired) electrons. The van der Waals surface area contributed by atoms with E-state index in [2.05, 4.69) is 4.98 Å². The number of aromatic nitrogens is 1. The standard InChI is InChI=1S/C7H5ClO2.C6H8N2/c8-6-3-1-5(2-4-6)7(9)10;1-5-2-3-8-6(7)4-5/h1-4H,(H,9,10);2-4H,1H3,(H2,7,8). The van der Waals surface area contributed by atoms with Crippen molar-refractivity contribution in [1.29, 1.82) is 0 Å². The molecule has 4 nitrogen and oxygen atoms in total. The number of carbonyl (C=O) groups excluding carboxylic acids is 1. The molecule has 0 fully saturated rings. The van der Waals surface area contributed by atoms with Gasteiger partial charge in [0.25, 0.3) is 5.82 Å². The topological polar surface area (TPSA) is 80.3 Å². The number of carboxylic acids is 1. The molecular formula is C13H13ClN2O2. The van der Waals surface area contributed by atoms with Crippen molar-refractivity contribution in [3.05, 3.63) is 58.7 Å². The van der Waals surface area contributed by atoms with Gasteiger partial charge >= 0.3 is 0 Å². The zero-order valence-corrected chi connectivity index (χ0v) is 10.6. The second-order valence-corrected chi connectivity index (χ2v) is 4.05. The van der Waals surface area contributed by atoms with Crippen molar-refractivity contribution >= 4 is 23.4 Å². The van der Waals surface area contributed by atoms with E-state index in [0.717, 1.165) is 0 Å². The van der Waals surface area contributed by atoms with Crippen LogP contribution in [0.5, 0.6) is 0 Å². The lowest BCUT2D eigenvalue weighted by Gasteiger charge is -1.99. The van der Waals surface area contributed by atoms with Gasteiger partial charge in [0, 0.05) is 11.1 Å². The largest absolute Gasteiger partial charge is 0.545 e. The van der Waals surface area contributed by atoms with Crippen molar-refractivity contribution in [3.63, 3.8) is 0 Å². The molecule has 1 heterocycles. The summed E-state index contributed by atoms with van der Waals surface area (Å²) in [6.45, 7) is 2.00. The number of hydrogen-bond donors (Lipinski definition) is 1. The summed E-state index contributed by atoms with van der Waals surface area (Å²) >= 11 is 5.50. The predicted octanol–water partition coefficient (Wildman–Crippen LogP) is 1.09. The molecular weight excluding hydrogens is 252 g/mol. The van der Waals surface area contributed by atoms with Crippen LogP contribution in [0.15, 0.2) is 42.6 Å². The summed E-state index contributed by atoms with van der Waals surface area (Å²) in [6.07, 6.45) is 1.82. The molecule has 94 valence electrons. The number of halogens is 1. The summed E-state index contributed by atoms with van der Waals surface area (Å²) in [5, 5.41) is 10.7. The van der Waals surface area contributed by atoms with Crippen LogP contribution in [0.4, 0.5) is 5.82 Å². The molecule has 5 heteroatoms. The molecule has 1 aromatic heterocycles. The van der Waals surface area contributed by atoms with E-state index in [-0.39, 0.29) is 5.56 Å². The Balaban J connectivity index is 0.000000184. The van der Waals surface area contributed by atoms with Crippen molar-refractivity contribution in [2.75, 3.05) is 5.73 Å². The highest BCUT2D eigenvalue weighted by molar-refractivity contribution is 6.30. The normalized spacial score (nSPS) is 9.22.